The molecule has 0 saturated carbocycles. The molecule has 0 aliphatic heterocycles. The van der Waals surface area contributed by atoms with Gasteiger partial charge in [-0.25, -0.2) is 0 Å². The average molecular weight is 211 g/mol. The van der Waals surface area contributed by atoms with Crippen LogP contribution in [0.1, 0.15) is 18.1 Å². The maximum atomic E-state index is 9.08. The van der Waals surface area contributed by atoms with E-state index in [2.05, 4.69) is 0 Å². The SMILES string of the molecule is C[C@@](N)(CO)c1cc(Cl)ccc1C#N. The fourth-order valence-corrected chi connectivity index (χ4v) is 1.34. The number of nitrogens with zero attached hydrogens (tertiary/aromatic N) is 1. The minimum Gasteiger partial charge on any atom is -0.394 e. The largest absolute Gasteiger partial charge is 0.394 e. The molecule has 0 heterocycles. The molecule has 1 aromatic carbocycles. The van der Waals surface area contributed by atoms with E-state index < -0.39 is 5.54 Å². The summed E-state index contributed by atoms with van der Waals surface area (Å²) in [5, 5.41) is 18.4. The molecule has 1 atom stereocenters. The first kappa shape index (κ1) is 11.0. The molecule has 0 fully saturated rings. The van der Waals surface area contributed by atoms with Crippen LogP contribution < -0.4 is 5.73 Å². The average Bonchev–Trinajstić information content (AvgIpc) is 2.18. The number of nitrogens with two attached hydrogens (primary N) is 1. The first-order valence-corrected chi connectivity index (χ1v) is 4.49. The topological polar surface area (TPSA) is 70.0 Å². The summed E-state index contributed by atoms with van der Waals surface area (Å²) >= 11 is 5.79. The molecule has 0 aliphatic carbocycles. The number of aliphatic hydroxyl groups excluding tert-OH is 1. The monoisotopic (exact) mass is 210 g/mol. The Bertz CT molecular complexity index is 382. The van der Waals surface area contributed by atoms with Crippen molar-refractivity contribution in [3.05, 3.63) is 34.3 Å². The van der Waals surface area contributed by atoms with E-state index in [0.717, 1.165) is 0 Å². The molecule has 0 aliphatic rings. The standard InChI is InChI=1S/C10H11ClN2O/c1-10(13,6-14)9-4-8(11)3-2-7(9)5-12/h2-4,14H,6,13H2,1H3/t10-/m1/s1. The lowest BCUT2D eigenvalue weighted by atomic mass is 9.90. The van der Waals surface area contributed by atoms with Crippen molar-refractivity contribution in [1.29, 1.82) is 5.26 Å². The predicted molar refractivity (Wildman–Crippen MR) is 54.8 cm³/mol. The second kappa shape index (κ2) is 3.97. The number of halogens is 1. The highest BCUT2D eigenvalue weighted by Crippen LogP contribution is 2.24. The number of aliphatic hydroxyl groups is 1. The molecule has 0 spiro atoms. The Hall–Kier alpha value is -1.08. The van der Waals surface area contributed by atoms with Crippen LogP contribution in [0, 0.1) is 11.3 Å². The molecule has 0 saturated heterocycles. The maximum Gasteiger partial charge on any atom is 0.0995 e. The van der Waals surface area contributed by atoms with Crippen molar-refractivity contribution in [2.45, 2.75) is 12.5 Å². The van der Waals surface area contributed by atoms with Crippen LogP contribution in [-0.4, -0.2) is 11.7 Å². The minimum atomic E-state index is -0.935. The molecule has 0 aromatic heterocycles. The van der Waals surface area contributed by atoms with Crippen LogP contribution in [0.3, 0.4) is 0 Å². The molecular weight excluding hydrogens is 200 g/mol. The van der Waals surface area contributed by atoms with E-state index in [1.807, 2.05) is 6.07 Å². The molecule has 4 heteroatoms. The van der Waals surface area contributed by atoms with E-state index in [9.17, 15) is 0 Å². The van der Waals surface area contributed by atoms with Gasteiger partial charge in [0.25, 0.3) is 0 Å². The second-order valence-electron chi connectivity index (χ2n) is 3.38. The molecule has 0 radical (unpaired) electrons. The third-order valence-electron chi connectivity index (χ3n) is 2.05. The molecule has 0 unspecified atom stereocenters. The number of hydrogen-bond acceptors (Lipinski definition) is 3. The molecule has 1 aromatic rings. The Morgan fingerprint density at radius 3 is 2.79 bits per heavy atom. The number of rotatable bonds is 2. The van der Waals surface area contributed by atoms with Crippen molar-refractivity contribution in [2.75, 3.05) is 6.61 Å². The van der Waals surface area contributed by atoms with Crippen LogP contribution in [0.2, 0.25) is 5.02 Å². The van der Waals surface area contributed by atoms with Gasteiger partial charge in [-0.1, -0.05) is 11.6 Å². The highest BCUT2D eigenvalue weighted by molar-refractivity contribution is 6.30. The van der Waals surface area contributed by atoms with Gasteiger partial charge in [-0.2, -0.15) is 5.26 Å². The molecule has 14 heavy (non-hydrogen) atoms. The predicted octanol–water partition coefficient (Wildman–Crippen LogP) is 1.38. The zero-order valence-electron chi connectivity index (χ0n) is 7.79. The van der Waals surface area contributed by atoms with E-state index in [0.29, 0.717) is 16.1 Å². The highest BCUT2D eigenvalue weighted by atomic mass is 35.5. The molecule has 3 N–H and O–H groups in total. The molecule has 74 valence electrons. The lowest BCUT2D eigenvalue weighted by Gasteiger charge is -2.23. The normalized spacial score (nSPS) is 14.5. The van der Waals surface area contributed by atoms with Gasteiger partial charge in [0.05, 0.1) is 23.8 Å². The van der Waals surface area contributed by atoms with Gasteiger partial charge in [-0.3, -0.25) is 0 Å². The summed E-state index contributed by atoms with van der Waals surface area (Å²) in [6, 6.07) is 6.84. The highest BCUT2D eigenvalue weighted by Gasteiger charge is 2.23. The molecule has 3 nitrogen and oxygen atoms in total. The molecular formula is C10H11ClN2O. The lowest BCUT2D eigenvalue weighted by molar-refractivity contribution is 0.210. The molecule has 0 bridgehead atoms. The smallest absolute Gasteiger partial charge is 0.0995 e. The van der Waals surface area contributed by atoms with Gasteiger partial charge in [0, 0.05) is 5.02 Å². The van der Waals surface area contributed by atoms with Crippen LogP contribution in [0.4, 0.5) is 0 Å². The summed E-state index contributed by atoms with van der Waals surface area (Å²) in [7, 11) is 0. The lowest BCUT2D eigenvalue weighted by Crippen LogP contribution is -2.37. The van der Waals surface area contributed by atoms with Gasteiger partial charge in [-0.05, 0) is 30.7 Å². The summed E-state index contributed by atoms with van der Waals surface area (Å²) in [5.41, 5.74) is 5.89. The van der Waals surface area contributed by atoms with Gasteiger partial charge in [0.2, 0.25) is 0 Å². The fourth-order valence-electron chi connectivity index (χ4n) is 1.17. The quantitative estimate of drug-likeness (QED) is 0.775. The van der Waals surface area contributed by atoms with Gasteiger partial charge >= 0.3 is 0 Å². The summed E-state index contributed by atoms with van der Waals surface area (Å²) in [5.74, 6) is 0. The molecule has 1 rings (SSSR count). The Kier molecular flexibility index (Phi) is 3.12. The Balaban J connectivity index is 3.32. The Morgan fingerprint density at radius 1 is 1.64 bits per heavy atom. The van der Waals surface area contributed by atoms with Gasteiger partial charge in [-0.15, -0.1) is 0 Å². The third kappa shape index (κ3) is 2.05. The van der Waals surface area contributed by atoms with Crippen molar-refractivity contribution < 1.29 is 5.11 Å². The van der Waals surface area contributed by atoms with Crippen LogP contribution in [0.5, 0.6) is 0 Å². The van der Waals surface area contributed by atoms with E-state index in [-0.39, 0.29) is 6.61 Å². The minimum absolute atomic E-state index is 0.234. The number of benzene rings is 1. The Morgan fingerprint density at radius 2 is 2.29 bits per heavy atom. The van der Waals surface area contributed by atoms with Crippen LogP contribution in [-0.2, 0) is 5.54 Å². The van der Waals surface area contributed by atoms with E-state index in [1.165, 1.54) is 0 Å². The summed E-state index contributed by atoms with van der Waals surface area (Å²) in [6.45, 7) is 1.42. The number of hydrogen-bond donors (Lipinski definition) is 2. The van der Waals surface area contributed by atoms with Crippen molar-refractivity contribution in [3.63, 3.8) is 0 Å². The van der Waals surface area contributed by atoms with E-state index in [1.54, 1.807) is 25.1 Å². The maximum absolute atomic E-state index is 9.08. The van der Waals surface area contributed by atoms with Crippen LogP contribution >= 0.6 is 11.6 Å². The summed E-state index contributed by atoms with van der Waals surface area (Å²) in [6.07, 6.45) is 0. The zero-order chi connectivity index (χ0) is 10.8. The van der Waals surface area contributed by atoms with Gasteiger partial charge < -0.3 is 10.8 Å². The third-order valence-corrected chi connectivity index (χ3v) is 2.28. The van der Waals surface area contributed by atoms with E-state index >= 15 is 0 Å². The number of nitriles is 1. The fraction of sp³-hybridized carbons (Fsp3) is 0.300. The molecule has 0 amide bonds. The van der Waals surface area contributed by atoms with Crippen LogP contribution in [0.15, 0.2) is 18.2 Å². The van der Waals surface area contributed by atoms with Crippen molar-refractivity contribution in [1.82, 2.24) is 0 Å². The van der Waals surface area contributed by atoms with Crippen molar-refractivity contribution in [3.8, 4) is 6.07 Å². The van der Waals surface area contributed by atoms with Crippen molar-refractivity contribution >= 4 is 11.6 Å². The van der Waals surface area contributed by atoms with Crippen molar-refractivity contribution in [2.24, 2.45) is 5.73 Å². The van der Waals surface area contributed by atoms with Crippen LogP contribution in [0.25, 0.3) is 0 Å². The van der Waals surface area contributed by atoms with E-state index in [4.69, 9.17) is 27.7 Å². The summed E-state index contributed by atoms with van der Waals surface area (Å²) in [4.78, 5) is 0. The first-order chi connectivity index (χ1) is 6.51. The Labute approximate surface area is 87.7 Å². The second-order valence-corrected chi connectivity index (χ2v) is 3.81. The summed E-state index contributed by atoms with van der Waals surface area (Å²) < 4.78 is 0. The van der Waals surface area contributed by atoms with Gasteiger partial charge in [0.15, 0.2) is 0 Å². The zero-order valence-corrected chi connectivity index (χ0v) is 8.54. The first-order valence-electron chi connectivity index (χ1n) is 4.11. The van der Waals surface area contributed by atoms with Gasteiger partial charge in [0.1, 0.15) is 0 Å².